The van der Waals surface area contributed by atoms with Gasteiger partial charge in [-0.1, -0.05) is 11.6 Å². The van der Waals surface area contributed by atoms with Crippen molar-refractivity contribution in [3.63, 3.8) is 0 Å². The number of nitrogens with zero attached hydrogens (tertiary/aromatic N) is 3. The second-order valence-electron chi connectivity index (χ2n) is 6.27. The first-order valence-electron chi connectivity index (χ1n) is 8.85. The van der Waals surface area contributed by atoms with Crippen molar-refractivity contribution in [1.82, 2.24) is 4.98 Å². The lowest BCUT2D eigenvalue weighted by molar-refractivity contribution is -0.138. The molecule has 12 heteroatoms. The highest BCUT2D eigenvalue weighted by Crippen LogP contribution is 2.32. The molecular formula is C20H16ClF4N5O2. The van der Waals surface area contributed by atoms with E-state index in [-0.39, 0.29) is 29.1 Å². The molecule has 1 aromatic carbocycles. The Morgan fingerprint density at radius 3 is 2.53 bits per heavy atom. The Morgan fingerprint density at radius 1 is 1.34 bits per heavy atom. The largest absolute Gasteiger partial charge is 0.428 e. The Bertz CT molecular complexity index is 1080. The third-order valence-electron chi connectivity index (χ3n) is 3.76. The van der Waals surface area contributed by atoms with Crippen LogP contribution in [0.25, 0.3) is 0 Å². The van der Waals surface area contributed by atoms with Crippen LogP contribution in [0.15, 0.2) is 53.4 Å². The summed E-state index contributed by atoms with van der Waals surface area (Å²) in [4.78, 5) is 19.2. The predicted molar refractivity (Wildman–Crippen MR) is 110 cm³/mol. The fourth-order valence-corrected chi connectivity index (χ4v) is 2.55. The molecule has 168 valence electrons. The molecule has 1 aliphatic rings. The van der Waals surface area contributed by atoms with E-state index in [1.807, 2.05) is 6.92 Å². The summed E-state index contributed by atoms with van der Waals surface area (Å²) in [6.45, 7) is 1.19. The molecule has 0 saturated carbocycles. The Labute approximate surface area is 185 Å². The summed E-state index contributed by atoms with van der Waals surface area (Å²) >= 11 is 5.68. The van der Waals surface area contributed by atoms with Crippen LogP contribution >= 0.6 is 11.6 Å². The van der Waals surface area contributed by atoms with E-state index >= 15 is 0 Å². The number of anilines is 1. The molecule has 3 N–H and O–H groups in total. The van der Waals surface area contributed by atoms with Crippen molar-refractivity contribution in [3.05, 3.63) is 70.2 Å². The van der Waals surface area contributed by atoms with Gasteiger partial charge in [-0.25, -0.2) is 14.4 Å². The van der Waals surface area contributed by atoms with Crippen molar-refractivity contribution >= 4 is 29.2 Å². The molecule has 1 aromatic heterocycles. The number of amides is 1. The zero-order valence-electron chi connectivity index (χ0n) is 16.5. The predicted octanol–water partition coefficient (Wildman–Crippen LogP) is 4.45. The van der Waals surface area contributed by atoms with Crippen molar-refractivity contribution < 1.29 is 27.1 Å². The zero-order chi connectivity index (χ0) is 23.9. The summed E-state index contributed by atoms with van der Waals surface area (Å²) in [7, 11) is 0. The van der Waals surface area contributed by atoms with Crippen LogP contribution in [-0.2, 0) is 10.9 Å². The average Bonchev–Trinajstić information content (AvgIpc) is 2.74. The molecule has 0 aliphatic carbocycles. The molecule has 0 unspecified atom stereocenters. The van der Waals surface area contributed by atoms with Gasteiger partial charge in [-0.3, -0.25) is 4.79 Å². The van der Waals surface area contributed by atoms with Gasteiger partial charge in [-0.2, -0.15) is 18.4 Å². The SMILES string of the molecule is C[C@H]1C=C(CF)OC(N)=N1.N#Cc1cnc(C(=O)Nc2ccc(Cl)cc2)c(C(F)(F)F)c1. The number of carbonyl (C=O) groups excluding carboxylic acids is 1. The Kier molecular flexibility index (Phi) is 8.15. The average molecular weight is 470 g/mol. The Hall–Kier alpha value is -3.65. The molecule has 0 saturated heterocycles. The monoisotopic (exact) mass is 469 g/mol. The molecule has 2 heterocycles. The summed E-state index contributed by atoms with van der Waals surface area (Å²) < 4.78 is 55.6. The van der Waals surface area contributed by atoms with Gasteiger partial charge in [0.05, 0.1) is 17.2 Å². The van der Waals surface area contributed by atoms with Gasteiger partial charge in [0.25, 0.3) is 11.9 Å². The number of hydrogen-bond donors (Lipinski definition) is 2. The molecule has 0 fully saturated rings. The van der Waals surface area contributed by atoms with E-state index in [4.69, 9.17) is 27.3 Å². The maximum absolute atomic E-state index is 13.0. The molecule has 0 bridgehead atoms. The summed E-state index contributed by atoms with van der Waals surface area (Å²) in [6, 6.07) is 7.96. The first kappa shape index (κ1) is 24.6. The first-order chi connectivity index (χ1) is 15.0. The van der Waals surface area contributed by atoms with Crippen molar-refractivity contribution in [2.24, 2.45) is 10.7 Å². The fraction of sp³-hybridized carbons (Fsp3) is 0.200. The Morgan fingerprint density at radius 2 is 2.00 bits per heavy atom. The highest BCUT2D eigenvalue weighted by Gasteiger charge is 2.36. The van der Waals surface area contributed by atoms with Gasteiger partial charge in [0.2, 0.25) is 0 Å². The molecule has 7 nitrogen and oxygen atoms in total. The zero-order valence-corrected chi connectivity index (χ0v) is 17.2. The highest BCUT2D eigenvalue weighted by molar-refractivity contribution is 6.30. The minimum absolute atomic E-state index is 0.0441. The van der Waals surface area contributed by atoms with E-state index < -0.39 is 30.0 Å². The van der Waals surface area contributed by atoms with Crippen LogP contribution < -0.4 is 11.1 Å². The lowest BCUT2D eigenvalue weighted by atomic mass is 10.1. The van der Waals surface area contributed by atoms with Crippen LogP contribution in [0.5, 0.6) is 0 Å². The van der Waals surface area contributed by atoms with Gasteiger partial charge in [0, 0.05) is 16.9 Å². The maximum Gasteiger partial charge on any atom is 0.418 e. The quantitative estimate of drug-likeness (QED) is 0.645. The molecule has 0 radical (unpaired) electrons. The van der Waals surface area contributed by atoms with Crippen molar-refractivity contribution in [3.8, 4) is 6.07 Å². The number of ether oxygens (including phenoxy) is 1. The number of pyridine rings is 1. The number of alkyl halides is 4. The summed E-state index contributed by atoms with van der Waals surface area (Å²) in [5, 5.41) is 11.4. The van der Waals surface area contributed by atoms with Gasteiger partial charge >= 0.3 is 6.18 Å². The molecule has 3 rings (SSSR count). The number of amidine groups is 1. The summed E-state index contributed by atoms with van der Waals surface area (Å²) in [6.07, 6.45) is -2.30. The van der Waals surface area contributed by atoms with Crippen LogP contribution in [0.4, 0.5) is 23.2 Å². The molecular weight excluding hydrogens is 454 g/mol. The van der Waals surface area contributed by atoms with Crippen LogP contribution in [0.3, 0.4) is 0 Å². The third kappa shape index (κ3) is 6.95. The maximum atomic E-state index is 13.0. The minimum atomic E-state index is -4.80. The molecule has 1 amide bonds. The van der Waals surface area contributed by atoms with Crippen molar-refractivity contribution in [2.45, 2.75) is 19.1 Å². The smallest absolute Gasteiger partial charge is 0.418 e. The molecule has 2 aromatic rings. The highest BCUT2D eigenvalue weighted by atomic mass is 35.5. The lowest BCUT2D eigenvalue weighted by Gasteiger charge is -2.13. The standard InChI is InChI=1S/C14H7ClF3N3O.C6H9FN2O/c15-9-1-3-10(4-2-9)21-13(22)12-11(14(16,17)18)5-8(6-19)7-20-12;1-4-2-5(3-7)10-6(8)9-4/h1-5,7H,(H,21,22);2,4H,3H2,1H3,(H2,8,9)/t;4-/m.0/s1. The number of aliphatic imine (C=N–C) groups is 1. The van der Waals surface area contributed by atoms with E-state index in [9.17, 15) is 22.4 Å². The number of rotatable bonds is 3. The number of nitrogens with one attached hydrogen (secondary N) is 1. The number of nitrogens with two attached hydrogens (primary N) is 1. The van der Waals surface area contributed by atoms with E-state index in [0.717, 1.165) is 6.20 Å². The van der Waals surface area contributed by atoms with Gasteiger partial charge in [-0.05, 0) is 43.3 Å². The van der Waals surface area contributed by atoms with Crippen LogP contribution in [-0.4, -0.2) is 29.6 Å². The van der Waals surface area contributed by atoms with Gasteiger partial charge in [0.1, 0.15) is 24.2 Å². The summed E-state index contributed by atoms with van der Waals surface area (Å²) in [5.41, 5.74) is 3.13. The number of halogens is 5. The molecule has 32 heavy (non-hydrogen) atoms. The van der Waals surface area contributed by atoms with Crippen LogP contribution in [0, 0.1) is 11.3 Å². The number of hydrogen-bond acceptors (Lipinski definition) is 6. The van der Waals surface area contributed by atoms with E-state index in [1.165, 1.54) is 24.3 Å². The summed E-state index contributed by atoms with van der Waals surface area (Å²) in [5.74, 6) is -0.779. The number of aromatic nitrogens is 1. The molecule has 1 atom stereocenters. The van der Waals surface area contributed by atoms with Crippen molar-refractivity contribution in [1.29, 1.82) is 5.26 Å². The number of benzene rings is 1. The Balaban J connectivity index is 0.000000303. The fourth-order valence-electron chi connectivity index (χ4n) is 2.42. The van der Waals surface area contributed by atoms with E-state index in [0.29, 0.717) is 11.1 Å². The van der Waals surface area contributed by atoms with Crippen LogP contribution in [0.2, 0.25) is 5.02 Å². The second-order valence-corrected chi connectivity index (χ2v) is 6.70. The van der Waals surface area contributed by atoms with Crippen molar-refractivity contribution in [2.75, 3.05) is 12.0 Å². The van der Waals surface area contributed by atoms with E-state index in [1.54, 1.807) is 12.1 Å². The van der Waals surface area contributed by atoms with Gasteiger partial charge < -0.3 is 15.8 Å². The first-order valence-corrected chi connectivity index (χ1v) is 9.23. The van der Waals surface area contributed by atoms with E-state index in [2.05, 4.69) is 15.3 Å². The minimum Gasteiger partial charge on any atom is -0.428 e. The second kappa shape index (κ2) is 10.6. The lowest BCUT2D eigenvalue weighted by Crippen LogP contribution is -2.23. The topological polar surface area (TPSA) is 113 Å². The van der Waals surface area contributed by atoms with Gasteiger partial charge in [0.15, 0.2) is 0 Å². The number of allylic oxidation sites excluding steroid dienone is 1. The number of nitriles is 1. The normalized spacial score (nSPS) is 15.2. The van der Waals surface area contributed by atoms with Crippen LogP contribution in [0.1, 0.15) is 28.5 Å². The molecule has 0 spiro atoms. The number of carbonyl (C=O) groups is 1. The third-order valence-corrected chi connectivity index (χ3v) is 4.02. The molecule has 1 aliphatic heterocycles. The van der Waals surface area contributed by atoms with Gasteiger partial charge in [-0.15, -0.1) is 0 Å².